The summed E-state index contributed by atoms with van der Waals surface area (Å²) in [4.78, 5) is 0.915. The molecular formula is C9H8S. The van der Waals surface area contributed by atoms with Gasteiger partial charge in [0.05, 0.1) is 0 Å². The van der Waals surface area contributed by atoms with Crippen molar-refractivity contribution in [2.45, 2.75) is 11.8 Å². The van der Waals surface area contributed by atoms with E-state index in [2.05, 4.69) is 18.5 Å². The van der Waals surface area contributed by atoms with Crippen molar-refractivity contribution in [2.24, 2.45) is 0 Å². The molecule has 1 aromatic carbocycles. The molecule has 0 aliphatic carbocycles. The highest BCUT2D eigenvalue weighted by atomic mass is 32.1. The smallest absolute Gasteiger partial charge is 0.0282 e. The number of rotatable bonds is 0. The minimum Gasteiger partial charge on any atom is -0.143 e. The van der Waals surface area contributed by atoms with E-state index in [1.807, 2.05) is 25.1 Å². The molecule has 0 heterocycles. The van der Waals surface area contributed by atoms with Crippen molar-refractivity contribution in [3.8, 4) is 12.3 Å². The molecule has 50 valence electrons. The third-order valence-electron chi connectivity index (χ3n) is 1.38. The minimum absolute atomic E-state index is 0.915. The molecule has 0 atom stereocenters. The summed E-state index contributed by atoms with van der Waals surface area (Å²) in [6, 6.07) is 5.79. The van der Waals surface area contributed by atoms with Crippen molar-refractivity contribution in [3.05, 3.63) is 29.3 Å². The van der Waals surface area contributed by atoms with Crippen LogP contribution in [-0.2, 0) is 0 Å². The Morgan fingerprint density at radius 3 is 2.70 bits per heavy atom. The molecule has 0 spiro atoms. The normalized spacial score (nSPS) is 8.90. The quantitative estimate of drug-likeness (QED) is 0.423. The fraction of sp³-hybridized carbons (Fsp3) is 0.111. The monoisotopic (exact) mass is 148 g/mol. The summed E-state index contributed by atoms with van der Waals surface area (Å²) in [6.07, 6.45) is 5.24. The van der Waals surface area contributed by atoms with Gasteiger partial charge in [0, 0.05) is 10.5 Å². The zero-order chi connectivity index (χ0) is 7.56. The highest BCUT2D eigenvalue weighted by Gasteiger charge is 1.92. The molecule has 0 N–H and O–H groups in total. The topological polar surface area (TPSA) is 0 Å². The zero-order valence-corrected chi connectivity index (χ0v) is 6.65. The zero-order valence-electron chi connectivity index (χ0n) is 5.76. The first-order chi connectivity index (χ1) is 4.74. The largest absolute Gasteiger partial charge is 0.143 e. The molecule has 1 heteroatoms. The van der Waals surface area contributed by atoms with Crippen LogP contribution < -0.4 is 0 Å². The molecule has 0 unspecified atom stereocenters. The van der Waals surface area contributed by atoms with E-state index in [0.29, 0.717) is 0 Å². The molecule has 1 aromatic rings. The van der Waals surface area contributed by atoms with Crippen molar-refractivity contribution >= 4 is 12.6 Å². The predicted octanol–water partition coefficient (Wildman–Crippen LogP) is 2.27. The Morgan fingerprint density at radius 1 is 1.50 bits per heavy atom. The SMILES string of the molecule is C#Cc1cc(S)ccc1C. The first-order valence-electron chi connectivity index (χ1n) is 3.00. The van der Waals surface area contributed by atoms with Gasteiger partial charge in [-0.05, 0) is 24.6 Å². The molecule has 0 aromatic heterocycles. The standard InChI is InChI=1S/C9H8S/c1-3-8-6-9(10)5-4-7(8)2/h1,4-6,10H,2H3. The first kappa shape index (κ1) is 7.24. The number of terminal acetylenes is 1. The summed E-state index contributed by atoms with van der Waals surface area (Å²) < 4.78 is 0. The van der Waals surface area contributed by atoms with Gasteiger partial charge in [0.25, 0.3) is 0 Å². The van der Waals surface area contributed by atoms with Crippen LogP contribution in [0, 0.1) is 19.3 Å². The molecule has 0 fully saturated rings. The van der Waals surface area contributed by atoms with Gasteiger partial charge < -0.3 is 0 Å². The van der Waals surface area contributed by atoms with Crippen LogP contribution >= 0.6 is 12.6 Å². The van der Waals surface area contributed by atoms with E-state index in [1.165, 1.54) is 0 Å². The van der Waals surface area contributed by atoms with Gasteiger partial charge in [0.15, 0.2) is 0 Å². The molecule has 1 rings (SSSR count). The minimum atomic E-state index is 0.915. The van der Waals surface area contributed by atoms with Crippen LogP contribution in [0.2, 0.25) is 0 Å². The third-order valence-corrected chi connectivity index (χ3v) is 1.65. The molecule has 0 amide bonds. The Balaban J connectivity index is 3.25. The van der Waals surface area contributed by atoms with E-state index in [-0.39, 0.29) is 0 Å². The number of thiol groups is 1. The molecule has 0 aliphatic rings. The van der Waals surface area contributed by atoms with E-state index < -0.39 is 0 Å². The molecule has 0 aliphatic heterocycles. The maximum atomic E-state index is 5.24. The summed E-state index contributed by atoms with van der Waals surface area (Å²) in [5.74, 6) is 2.59. The summed E-state index contributed by atoms with van der Waals surface area (Å²) in [6.45, 7) is 1.99. The second kappa shape index (κ2) is 2.81. The van der Waals surface area contributed by atoms with Gasteiger partial charge in [0.2, 0.25) is 0 Å². The van der Waals surface area contributed by atoms with Gasteiger partial charge >= 0.3 is 0 Å². The van der Waals surface area contributed by atoms with Crippen LogP contribution in [-0.4, -0.2) is 0 Å². The van der Waals surface area contributed by atoms with Crippen molar-refractivity contribution < 1.29 is 0 Å². The fourth-order valence-electron chi connectivity index (χ4n) is 0.765. The van der Waals surface area contributed by atoms with Gasteiger partial charge in [-0.2, -0.15) is 0 Å². The second-order valence-corrected chi connectivity index (χ2v) is 2.66. The number of aryl methyl sites for hydroxylation is 1. The Kier molecular flexibility index (Phi) is 2.03. The van der Waals surface area contributed by atoms with Gasteiger partial charge in [-0.25, -0.2) is 0 Å². The van der Waals surface area contributed by atoms with Crippen molar-refractivity contribution in [1.82, 2.24) is 0 Å². The summed E-state index contributed by atoms with van der Waals surface area (Å²) in [5, 5.41) is 0. The first-order valence-corrected chi connectivity index (χ1v) is 3.45. The molecule has 0 saturated heterocycles. The Labute approximate surface area is 66.7 Å². The van der Waals surface area contributed by atoms with Crippen molar-refractivity contribution in [3.63, 3.8) is 0 Å². The lowest BCUT2D eigenvalue weighted by Gasteiger charge is -1.97. The van der Waals surface area contributed by atoms with Crippen LogP contribution in [0.5, 0.6) is 0 Å². The van der Waals surface area contributed by atoms with E-state index >= 15 is 0 Å². The molecule has 10 heavy (non-hydrogen) atoms. The average molecular weight is 148 g/mol. The van der Waals surface area contributed by atoms with Crippen LogP contribution in [0.25, 0.3) is 0 Å². The Hall–Kier alpha value is -0.870. The summed E-state index contributed by atoms with van der Waals surface area (Å²) in [7, 11) is 0. The van der Waals surface area contributed by atoms with Gasteiger partial charge in [-0.1, -0.05) is 12.0 Å². The number of hydrogen-bond donors (Lipinski definition) is 1. The molecule has 0 bridgehead atoms. The number of benzene rings is 1. The third kappa shape index (κ3) is 1.34. The number of hydrogen-bond acceptors (Lipinski definition) is 1. The maximum absolute atomic E-state index is 5.24. The van der Waals surface area contributed by atoms with Crippen molar-refractivity contribution in [2.75, 3.05) is 0 Å². The predicted molar refractivity (Wildman–Crippen MR) is 46.4 cm³/mol. The lowest BCUT2D eigenvalue weighted by atomic mass is 10.1. The average Bonchev–Trinajstić information content (AvgIpc) is 1.94. The summed E-state index contributed by atoms with van der Waals surface area (Å²) in [5.41, 5.74) is 2.05. The van der Waals surface area contributed by atoms with Crippen LogP contribution in [0.4, 0.5) is 0 Å². The van der Waals surface area contributed by atoms with Gasteiger partial charge in [-0.15, -0.1) is 19.1 Å². The molecule has 0 saturated carbocycles. The van der Waals surface area contributed by atoms with E-state index in [9.17, 15) is 0 Å². The maximum Gasteiger partial charge on any atom is 0.0282 e. The Morgan fingerprint density at radius 2 is 2.20 bits per heavy atom. The van der Waals surface area contributed by atoms with E-state index in [1.54, 1.807) is 0 Å². The van der Waals surface area contributed by atoms with Gasteiger partial charge in [-0.3, -0.25) is 0 Å². The lowest BCUT2D eigenvalue weighted by Crippen LogP contribution is -1.79. The van der Waals surface area contributed by atoms with Gasteiger partial charge in [0.1, 0.15) is 0 Å². The molecule has 0 nitrogen and oxygen atoms in total. The van der Waals surface area contributed by atoms with E-state index in [0.717, 1.165) is 16.0 Å². The van der Waals surface area contributed by atoms with Crippen molar-refractivity contribution in [1.29, 1.82) is 0 Å². The fourth-order valence-corrected chi connectivity index (χ4v) is 0.969. The molecular weight excluding hydrogens is 140 g/mol. The Bertz CT molecular complexity index is 281. The second-order valence-electron chi connectivity index (χ2n) is 2.14. The summed E-state index contributed by atoms with van der Waals surface area (Å²) >= 11 is 4.16. The van der Waals surface area contributed by atoms with E-state index in [4.69, 9.17) is 6.42 Å². The van der Waals surface area contributed by atoms with Crippen LogP contribution in [0.15, 0.2) is 23.1 Å². The molecule has 0 radical (unpaired) electrons. The van der Waals surface area contributed by atoms with Crippen LogP contribution in [0.3, 0.4) is 0 Å². The highest BCUT2D eigenvalue weighted by molar-refractivity contribution is 7.80. The lowest BCUT2D eigenvalue weighted by molar-refractivity contribution is 1.36. The highest BCUT2D eigenvalue weighted by Crippen LogP contribution is 2.12. The van der Waals surface area contributed by atoms with Crippen LogP contribution in [0.1, 0.15) is 11.1 Å².